The number of hydrogen-bond acceptors (Lipinski definition) is 4. The summed E-state index contributed by atoms with van der Waals surface area (Å²) in [5.74, 6) is 0.879. The van der Waals surface area contributed by atoms with Gasteiger partial charge in [-0.05, 0) is 42.6 Å². The molecule has 1 aliphatic carbocycles. The van der Waals surface area contributed by atoms with Crippen molar-refractivity contribution in [3.63, 3.8) is 0 Å². The summed E-state index contributed by atoms with van der Waals surface area (Å²) in [7, 11) is 1.70. The molecule has 1 aliphatic rings. The fraction of sp³-hybridized carbons (Fsp3) is 0.357. The number of aromatic nitrogens is 1. The zero-order chi connectivity index (χ0) is 12.4. The Hall–Kier alpha value is -1.39. The fourth-order valence-corrected chi connectivity index (χ4v) is 2.59. The summed E-state index contributed by atoms with van der Waals surface area (Å²) in [6, 6.07) is 10.9. The van der Waals surface area contributed by atoms with Crippen molar-refractivity contribution in [2.75, 3.05) is 7.11 Å². The van der Waals surface area contributed by atoms with Crippen LogP contribution in [0.2, 0.25) is 0 Å². The third kappa shape index (κ3) is 2.54. The predicted molar refractivity (Wildman–Crippen MR) is 74.0 cm³/mol. The predicted octanol–water partition coefficient (Wildman–Crippen LogP) is 3.07. The number of nitrogens with zero attached hydrogens (tertiary/aromatic N) is 1. The lowest BCUT2D eigenvalue weighted by Gasteiger charge is -2.04. The minimum absolute atomic E-state index is 0.738. The third-order valence-corrected chi connectivity index (χ3v) is 3.87. The number of ether oxygens (including phenoxy) is 1. The molecule has 94 valence electrons. The maximum absolute atomic E-state index is 5.37. The molecule has 0 bridgehead atoms. The van der Waals surface area contributed by atoms with E-state index in [1.54, 1.807) is 18.6 Å². The molecule has 3 rings (SSSR count). The van der Waals surface area contributed by atoms with Gasteiger partial charge >= 0.3 is 0 Å². The summed E-state index contributed by atoms with van der Waals surface area (Å²) in [6.07, 6.45) is 2.64. The van der Waals surface area contributed by atoms with Crippen LogP contribution in [-0.2, 0) is 6.54 Å². The minimum atomic E-state index is 0.738. The van der Waals surface area contributed by atoms with Crippen LogP contribution < -0.4 is 10.1 Å². The van der Waals surface area contributed by atoms with Gasteiger partial charge in [0, 0.05) is 23.0 Å². The Kier molecular flexibility index (Phi) is 3.30. The molecule has 0 saturated heterocycles. The van der Waals surface area contributed by atoms with E-state index in [0.29, 0.717) is 0 Å². The number of rotatable bonds is 5. The Morgan fingerprint density at radius 3 is 3.00 bits per heavy atom. The average molecular weight is 260 g/mol. The van der Waals surface area contributed by atoms with Crippen molar-refractivity contribution in [2.45, 2.75) is 25.4 Å². The van der Waals surface area contributed by atoms with Gasteiger partial charge in [-0.1, -0.05) is 12.1 Å². The first-order valence-corrected chi connectivity index (χ1v) is 6.96. The van der Waals surface area contributed by atoms with Gasteiger partial charge in [-0.2, -0.15) is 4.37 Å². The molecular formula is C14H16N2OS. The van der Waals surface area contributed by atoms with Crippen LogP contribution in [0.15, 0.2) is 30.3 Å². The molecule has 1 saturated carbocycles. The molecule has 0 radical (unpaired) electrons. The lowest BCUT2D eigenvalue weighted by molar-refractivity contribution is 0.416. The van der Waals surface area contributed by atoms with Gasteiger partial charge in [-0.25, -0.2) is 0 Å². The maximum atomic E-state index is 5.37. The molecule has 0 atom stereocenters. The Morgan fingerprint density at radius 2 is 2.22 bits per heavy atom. The summed E-state index contributed by atoms with van der Waals surface area (Å²) >= 11 is 1.57. The van der Waals surface area contributed by atoms with E-state index in [-0.39, 0.29) is 0 Å². The highest BCUT2D eigenvalue weighted by atomic mass is 32.1. The molecule has 0 unspecified atom stereocenters. The summed E-state index contributed by atoms with van der Waals surface area (Å²) < 4.78 is 9.88. The molecule has 1 aromatic heterocycles. The molecule has 1 fully saturated rings. The standard InChI is InChI=1S/C14H16N2OS/c1-17-14-5-3-2-4-12(14)13-8-11(18-16-13)9-15-10-6-7-10/h2-5,8,10,15H,6-7,9H2,1H3. The van der Waals surface area contributed by atoms with Crippen LogP contribution in [0.1, 0.15) is 17.7 Å². The second kappa shape index (κ2) is 5.08. The molecule has 0 amide bonds. The van der Waals surface area contributed by atoms with E-state index in [2.05, 4.69) is 15.8 Å². The Bertz CT molecular complexity index is 534. The molecule has 0 aliphatic heterocycles. The van der Waals surface area contributed by atoms with E-state index in [0.717, 1.165) is 29.6 Å². The normalized spacial score (nSPS) is 14.7. The molecule has 0 spiro atoms. The number of nitrogens with one attached hydrogen (secondary N) is 1. The number of para-hydroxylation sites is 1. The molecule has 4 heteroatoms. The zero-order valence-electron chi connectivity index (χ0n) is 10.3. The van der Waals surface area contributed by atoms with Crippen molar-refractivity contribution in [3.05, 3.63) is 35.2 Å². The van der Waals surface area contributed by atoms with E-state index in [4.69, 9.17) is 4.74 Å². The van der Waals surface area contributed by atoms with E-state index >= 15 is 0 Å². The van der Waals surface area contributed by atoms with E-state index < -0.39 is 0 Å². The molecular weight excluding hydrogens is 244 g/mol. The van der Waals surface area contributed by atoms with Gasteiger partial charge in [0.25, 0.3) is 0 Å². The van der Waals surface area contributed by atoms with Crippen LogP contribution in [0.3, 0.4) is 0 Å². The van der Waals surface area contributed by atoms with Gasteiger partial charge in [0.2, 0.25) is 0 Å². The van der Waals surface area contributed by atoms with Crippen LogP contribution in [0.4, 0.5) is 0 Å². The van der Waals surface area contributed by atoms with Crippen molar-refractivity contribution in [1.82, 2.24) is 9.69 Å². The number of hydrogen-bond donors (Lipinski definition) is 1. The van der Waals surface area contributed by atoms with Gasteiger partial charge in [-0.3, -0.25) is 0 Å². The quantitative estimate of drug-likeness (QED) is 0.897. The molecule has 3 nitrogen and oxygen atoms in total. The van der Waals surface area contributed by atoms with Crippen LogP contribution in [-0.4, -0.2) is 17.5 Å². The van der Waals surface area contributed by atoms with E-state index in [1.165, 1.54) is 17.7 Å². The first-order valence-electron chi connectivity index (χ1n) is 6.19. The van der Waals surface area contributed by atoms with Gasteiger partial charge < -0.3 is 10.1 Å². The second-order valence-corrected chi connectivity index (χ2v) is 5.42. The second-order valence-electron chi connectivity index (χ2n) is 4.53. The van der Waals surface area contributed by atoms with E-state index in [1.807, 2.05) is 24.3 Å². The zero-order valence-corrected chi connectivity index (χ0v) is 11.2. The van der Waals surface area contributed by atoms with Crippen LogP contribution >= 0.6 is 11.5 Å². The molecule has 1 aromatic carbocycles. The van der Waals surface area contributed by atoms with Crippen LogP contribution in [0.25, 0.3) is 11.3 Å². The first kappa shape index (κ1) is 11.7. The molecule has 1 N–H and O–H groups in total. The highest BCUT2D eigenvalue weighted by molar-refractivity contribution is 7.06. The SMILES string of the molecule is COc1ccccc1-c1cc(CNC2CC2)sn1. The Labute approximate surface area is 111 Å². The largest absolute Gasteiger partial charge is 0.496 e. The van der Waals surface area contributed by atoms with Crippen molar-refractivity contribution >= 4 is 11.5 Å². The highest BCUT2D eigenvalue weighted by Crippen LogP contribution is 2.30. The van der Waals surface area contributed by atoms with E-state index in [9.17, 15) is 0 Å². The molecule has 18 heavy (non-hydrogen) atoms. The monoisotopic (exact) mass is 260 g/mol. The van der Waals surface area contributed by atoms with Crippen molar-refractivity contribution in [1.29, 1.82) is 0 Å². The van der Waals surface area contributed by atoms with Crippen molar-refractivity contribution < 1.29 is 4.74 Å². The lowest BCUT2D eigenvalue weighted by atomic mass is 10.1. The maximum Gasteiger partial charge on any atom is 0.128 e. The highest BCUT2D eigenvalue weighted by Gasteiger charge is 2.20. The van der Waals surface area contributed by atoms with Gasteiger partial charge in [0.05, 0.1) is 12.8 Å². The number of benzene rings is 1. The van der Waals surface area contributed by atoms with Gasteiger partial charge in [0.1, 0.15) is 5.75 Å². The summed E-state index contributed by atoms with van der Waals surface area (Å²) in [5, 5.41) is 3.51. The van der Waals surface area contributed by atoms with Gasteiger partial charge in [0.15, 0.2) is 0 Å². The molecule has 1 heterocycles. The Balaban J connectivity index is 1.78. The average Bonchev–Trinajstić information content (AvgIpc) is 3.13. The minimum Gasteiger partial charge on any atom is -0.496 e. The van der Waals surface area contributed by atoms with Crippen LogP contribution in [0, 0.1) is 0 Å². The van der Waals surface area contributed by atoms with Crippen LogP contribution in [0.5, 0.6) is 5.75 Å². The smallest absolute Gasteiger partial charge is 0.128 e. The fourth-order valence-electron chi connectivity index (χ4n) is 1.91. The summed E-state index contributed by atoms with van der Waals surface area (Å²) in [6.45, 7) is 0.928. The van der Waals surface area contributed by atoms with Crippen molar-refractivity contribution in [2.24, 2.45) is 0 Å². The number of methoxy groups -OCH3 is 1. The van der Waals surface area contributed by atoms with Gasteiger partial charge in [-0.15, -0.1) is 0 Å². The van der Waals surface area contributed by atoms with Crippen molar-refractivity contribution in [3.8, 4) is 17.0 Å². The summed E-state index contributed by atoms with van der Waals surface area (Å²) in [4.78, 5) is 1.28. The third-order valence-electron chi connectivity index (χ3n) is 3.08. The topological polar surface area (TPSA) is 34.1 Å². The Morgan fingerprint density at radius 1 is 1.39 bits per heavy atom. The molecule has 2 aromatic rings. The summed E-state index contributed by atoms with van der Waals surface area (Å²) in [5.41, 5.74) is 2.07. The first-order chi connectivity index (χ1) is 8.86. The lowest BCUT2D eigenvalue weighted by Crippen LogP contribution is -2.14.